The van der Waals surface area contributed by atoms with Crippen LogP contribution in [0.2, 0.25) is 0 Å². The van der Waals surface area contributed by atoms with Gasteiger partial charge in [0.1, 0.15) is 10.8 Å². The van der Waals surface area contributed by atoms with E-state index < -0.39 is 16.0 Å². The van der Waals surface area contributed by atoms with E-state index in [0.29, 0.717) is 0 Å². The van der Waals surface area contributed by atoms with Gasteiger partial charge < -0.3 is 5.11 Å². The number of aliphatic hydroxyl groups excluding tert-OH is 1. The van der Waals surface area contributed by atoms with Crippen LogP contribution in [-0.4, -0.2) is 26.0 Å². The molecule has 0 aliphatic carbocycles. The molecule has 13 heavy (non-hydrogen) atoms. The molecule has 1 rings (SSSR count). The zero-order chi connectivity index (χ0) is 10.2. The van der Waals surface area contributed by atoms with Crippen LogP contribution in [-0.2, 0) is 10.8 Å². The molecule has 1 amide bonds. The summed E-state index contributed by atoms with van der Waals surface area (Å²) in [5.41, 5.74) is 0.728. The van der Waals surface area contributed by atoms with Crippen LogP contribution in [0.15, 0.2) is 22.9 Å². The Hall–Kier alpha value is -1.10. The maximum Gasteiger partial charge on any atom is 0.323 e. The maximum atomic E-state index is 11.2. The lowest BCUT2D eigenvalue weighted by atomic mass is 10.3. The van der Waals surface area contributed by atoms with Gasteiger partial charge in [0.05, 0.1) is 11.4 Å². The summed E-state index contributed by atoms with van der Waals surface area (Å²) in [6.45, 7) is 7.03. The Bertz CT molecular complexity index is 332. The van der Waals surface area contributed by atoms with Crippen molar-refractivity contribution in [3.8, 4) is 0 Å². The number of amides is 1. The molecule has 72 valence electrons. The maximum absolute atomic E-state index is 11.2. The number of nitrogens with zero attached hydrogens (tertiary/aromatic N) is 1. The highest BCUT2D eigenvalue weighted by atomic mass is 32.2. The SMILES string of the molecule is C=C(C)CN1C(=O)S(=O)C(C)=C1O. The summed E-state index contributed by atoms with van der Waals surface area (Å²) in [6, 6.07) is 0. The summed E-state index contributed by atoms with van der Waals surface area (Å²) in [6.07, 6.45) is 0. The largest absolute Gasteiger partial charge is 0.494 e. The molecule has 0 spiro atoms. The van der Waals surface area contributed by atoms with E-state index in [1.54, 1.807) is 6.92 Å². The molecule has 5 heteroatoms. The Balaban J connectivity index is 2.95. The lowest BCUT2D eigenvalue weighted by Gasteiger charge is -2.14. The first-order valence-corrected chi connectivity index (χ1v) is 4.87. The summed E-state index contributed by atoms with van der Waals surface area (Å²) in [5.74, 6) is -0.202. The topological polar surface area (TPSA) is 57.6 Å². The molecular weight excluding hydrogens is 190 g/mol. The average molecular weight is 201 g/mol. The van der Waals surface area contributed by atoms with Gasteiger partial charge in [0.2, 0.25) is 5.88 Å². The molecule has 0 fully saturated rings. The summed E-state index contributed by atoms with van der Waals surface area (Å²) in [7, 11) is -1.71. The lowest BCUT2D eigenvalue weighted by molar-refractivity contribution is 0.209. The highest BCUT2D eigenvalue weighted by Gasteiger charge is 2.34. The lowest BCUT2D eigenvalue weighted by Crippen LogP contribution is -2.27. The van der Waals surface area contributed by atoms with Crippen molar-refractivity contribution >= 4 is 16.0 Å². The molecule has 0 aromatic carbocycles. The van der Waals surface area contributed by atoms with Crippen molar-refractivity contribution in [1.29, 1.82) is 0 Å². The number of allylic oxidation sites excluding steroid dienone is 1. The third kappa shape index (κ3) is 1.65. The fourth-order valence-electron chi connectivity index (χ4n) is 1.000. The van der Waals surface area contributed by atoms with E-state index >= 15 is 0 Å². The standard InChI is InChI=1S/C8H11NO3S/c1-5(2)4-9-7(10)6(3)13(12)8(9)11/h10H,1,4H2,2-3H3. The highest BCUT2D eigenvalue weighted by Crippen LogP contribution is 2.23. The van der Waals surface area contributed by atoms with Crippen molar-refractivity contribution in [1.82, 2.24) is 4.90 Å². The first kappa shape index (κ1) is 9.98. The van der Waals surface area contributed by atoms with E-state index in [1.807, 2.05) is 0 Å². The van der Waals surface area contributed by atoms with Gasteiger partial charge >= 0.3 is 5.24 Å². The average Bonchev–Trinajstić information content (AvgIpc) is 2.22. The van der Waals surface area contributed by atoms with Crippen LogP contribution in [0.25, 0.3) is 0 Å². The molecule has 1 unspecified atom stereocenters. The third-order valence-corrected chi connectivity index (χ3v) is 2.93. The predicted molar refractivity (Wildman–Crippen MR) is 50.4 cm³/mol. The van der Waals surface area contributed by atoms with Crippen molar-refractivity contribution in [2.45, 2.75) is 13.8 Å². The summed E-state index contributed by atoms with van der Waals surface area (Å²) in [4.78, 5) is 12.5. The monoisotopic (exact) mass is 201 g/mol. The minimum absolute atomic E-state index is 0.202. The van der Waals surface area contributed by atoms with Crippen molar-refractivity contribution in [2.75, 3.05) is 6.54 Å². The van der Waals surface area contributed by atoms with Crippen molar-refractivity contribution < 1.29 is 14.1 Å². The van der Waals surface area contributed by atoms with E-state index in [-0.39, 0.29) is 17.3 Å². The van der Waals surface area contributed by atoms with Gasteiger partial charge in [0.15, 0.2) is 0 Å². The van der Waals surface area contributed by atoms with Crippen LogP contribution in [0.5, 0.6) is 0 Å². The second kappa shape index (κ2) is 3.33. The second-order valence-corrected chi connectivity index (χ2v) is 4.46. The van der Waals surface area contributed by atoms with Crippen molar-refractivity contribution in [3.63, 3.8) is 0 Å². The van der Waals surface area contributed by atoms with E-state index in [9.17, 15) is 14.1 Å². The van der Waals surface area contributed by atoms with E-state index in [1.165, 1.54) is 6.92 Å². The smallest absolute Gasteiger partial charge is 0.323 e. The van der Waals surface area contributed by atoms with Crippen LogP contribution >= 0.6 is 0 Å². The molecule has 0 saturated heterocycles. The van der Waals surface area contributed by atoms with Gasteiger partial charge in [0.25, 0.3) is 0 Å². The number of carbonyl (C=O) groups is 1. The Kier molecular flexibility index (Phi) is 2.56. The van der Waals surface area contributed by atoms with Crippen LogP contribution in [0.4, 0.5) is 4.79 Å². The Labute approximate surface area is 79.0 Å². The fraction of sp³-hybridized carbons (Fsp3) is 0.375. The minimum atomic E-state index is -1.71. The van der Waals surface area contributed by atoms with Gasteiger partial charge in [-0.05, 0) is 13.8 Å². The second-order valence-electron chi connectivity index (χ2n) is 2.96. The molecule has 0 aromatic heterocycles. The predicted octanol–water partition coefficient (Wildman–Crippen LogP) is 1.49. The molecule has 1 atom stereocenters. The molecule has 1 heterocycles. The van der Waals surface area contributed by atoms with Gasteiger partial charge in [-0.25, -0.2) is 4.21 Å². The Morgan fingerprint density at radius 3 is 2.54 bits per heavy atom. The molecule has 4 nitrogen and oxygen atoms in total. The Morgan fingerprint density at radius 1 is 1.69 bits per heavy atom. The number of carbonyl (C=O) groups excluding carboxylic acids is 1. The number of hydrogen-bond acceptors (Lipinski definition) is 3. The first-order chi connectivity index (χ1) is 5.95. The van der Waals surface area contributed by atoms with Gasteiger partial charge in [-0.2, -0.15) is 0 Å². The fourth-order valence-corrected chi connectivity index (χ4v) is 1.89. The summed E-state index contributed by atoms with van der Waals surface area (Å²) in [5, 5.41) is 8.83. The molecular formula is C8H11NO3S. The first-order valence-electron chi connectivity index (χ1n) is 3.72. The van der Waals surface area contributed by atoms with Crippen LogP contribution in [0.1, 0.15) is 13.8 Å². The minimum Gasteiger partial charge on any atom is -0.494 e. The number of aliphatic hydroxyl groups is 1. The molecule has 0 aromatic rings. The normalized spacial score (nSPS) is 22.8. The molecule has 0 bridgehead atoms. The van der Waals surface area contributed by atoms with Gasteiger partial charge in [0, 0.05) is 0 Å². The third-order valence-electron chi connectivity index (χ3n) is 1.66. The molecule has 1 N–H and O–H groups in total. The van der Waals surface area contributed by atoms with Gasteiger partial charge in [-0.15, -0.1) is 0 Å². The zero-order valence-corrected chi connectivity index (χ0v) is 8.35. The summed E-state index contributed by atoms with van der Waals surface area (Å²) >= 11 is 0. The van der Waals surface area contributed by atoms with E-state index in [2.05, 4.69) is 6.58 Å². The van der Waals surface area contributed by atoms with Crippen LogP contribution in [0.3, 0.4) is 0 Å². The van der Waals surface area contributed by atoms with Crippen LogP contribution < -0.4 is 0 Å². The highest BCUT2D eigenvalue weighted by molar-refractivity contribution is 8.03. The Morgan fingerprint density at radius 2 is 2.23 bits per heavy atom. The number of hydrogen-bond donors (Lipinski definition) is 1. The summed E-state index contributed by atoms with van der Waals surface area (Å²) < 4.78 is 11.2. The molecule has 0 saturated carbocycles. The van der Waals surface area contributed by atoms with Crippen LogP contribution in [0, 0.1) is 0 Å². The van der Waals surface area contributed by atoms with Crippen molar-refractivity contribution in [2.24, 2.45) is 0 Å². The molecule has 1 aliphatic heterocycles. The van der Waals surface area contributed by atoms with E-state index in [4.69, 9.17) is 0 Å². The number of rotatable bonds is 2. The molecule has 1 aliphatic rings. The van der Waals surface area contributed by atoms with Crippen molar-refractivity contribution in [3.05, 3.63) is 22.9 Å². The molecule has 0 radical (unpaired) electrons. The van der Waals surface area contributed by atoms with Gasteiger partial charge in [-0.1, -0.05) is 12.2 Å². The van der Waals surface area contributed by atoms with Gasteiger partial charge in [-0.3, -0.25) is 9.69 Å². The quantitative estimate of drug-likeness (QED) is 0.689. The zero-order valence-electron chi connectivity index (χ0n) is 7.53. The van der Waals surface area contributed by atoms with E-state index in [0.717, 1.165) is 10.5 Å².